The van der Waals surface area contributed by atoms with Gasteiger partial charge in [-0.1, -0.05) is 19.8 Å². The maximum absolute atomic E-state index is 4.67. The normalized spacial score (nSPS) is 18.0. The Labute approximate surface area is 132 Å². The molecule has 0 radical (unpaired) electrons. The molecule has 0 atom stereocenters. The topological polar surface area (TPSA) is 49.3 Å². The minimum absolute atomic E-state index is 0.480. The Morgan fingerprint density at radius 2 is 2.10 bits per heavy atom. The molecule has 0 saturated heterocycles. The first-order chi connectivity index (χ1) is 10.2. The van der Waals surface area contributed by atoms with Crippen molar-refractivity contribution in [3.05, 3.63) is 16.1 Å². The number of hydrogen-bond donors (Lipinski definition) is 2. The van der Waals surface area contributed by atoms with Crippen LogP contribution < -0.4 is 10.6 Å². The molecule has 1 aliphatic rings. The summed E-state index contributed by atoms with van der Waals surface area (Å²) in [6, 6.07) is 0. The molecule has 1 aromatic heterocycles. The number of nitrogens with one attached hydrogen (secondary N) is 2. The van der Waals surface area contributed by atoms with Crippen molar-refractivity contribution in [3.8, 4) is 0 Å². The molecule has 1 aromatic rings. The van der Waals surface area contributed by atoms with E-state index in [4.69, 9.17) is 0 Å². The van der Waals surface area contributed by atoms with Crippen LogP contribution >= 0.6 is 11.3 Å². The summed E-state index contributed by atoms with van der Waals surface area (Å²) in [5.74, 6) is 0.921. The number of hydrogen-bond acceptors (Lipinski definition) is 3. The number of nitrogens with zero attached hydrogens (tertiary/aromatic N) is 2. The first kappa shape index (κ1) is 16.3. The van der Waals surface area contributed by atoms with E-state index in [1.165, 1.54) is 37.0 Å². The molecule has 0 bridgehead atoms. The van der Waals surface area contributed by atoms with Crippen molar-refractivity contribution in [2.75, 3.05) is 13.1 Å². The van der Waals surface area contributed by atoms with Crippen LogP contribution in [0.4, 0.5) is 0 Å². The molecule has 21 heavy (non-hydrogen) atoms. The Balaban J connectivity index is 1.91. The van der Waals surface area contributed by atoms with Crippen molar-refractivity contribution in [1.82, 2.24) is 15.6 Å². The molecule has 5 heteroatoms. The molecule has 4 nitrogen and oxygen atoms in total. The molecule has 0 unspecified atom stereocenters. The maximum atomic E-state index is 4.67. The number of aromatic nitrogens is 1. The van der Waals surface area contributed by atoms with Gasteiger partial charge in [0.2, 0.25) is 0 Å². The van der Waals surface area contributed by atoms with Gasteiger partial charge in [0.05, 0.1) is 6.54 Å². The van der Waals surface area contributed by atoms with Crippen LogP contribution in [0.2, 0.25) is 0 Å². The molecule has 0 aromatic carbocycles. The summed E-state index contributed by atoms with van der Waals surface area (Å²) in [6.07, 6.45) is 8.62. The summed E-state index contributed by atoms with van der Waals surface area (Å²) >= 11 is 1.72. The zero-order valence-electron chi connectivity index (χ0n) is 13.5. The van der Waals surface area contributed by atoms with Gasteiger partial charge in [0.15, 0.2) is 5.96 Å². The third-order valence-corrected chi connectivity index (χ3v) is 5.33. The highest BCUT2D eigenvalue weighted by atomic mass is 32.1. The Hall–Kier alpha value is -1.10. The lowest BCUT2D eigenvalue weighted by Gasteiger charge is -2.28. The van der Waals surface area contributed by atoms with Crippen molar-refractivity contribution in [3.63, 3.8) is 0 Å². The van der Waals surface area contributed by atoms with E-state index < -0.39 is 0 Å². The van der Waals surface area contributed by atoms with E-state index in [1.54, 1.807) is 11.3 Å². The van der Waals surface area contributed by atoms with Crippen molar-refractivity contribution in [2.24, 2.45) is 10.4 Å². The summed E-state index contributed by atoms with van der Waals surface area (Å²) in [6.45, 7) is 9.09. The quantitative estimate of drug-likeness (QED) is 0.625. The maximum Gasteiger partial charge on any atom is 0.191 e. The predicted molar refractivity (Wildman–Crippen MR) is 90.9 cm³/mol. The number of thiazole rings is 1. The van der Waals surface area contributed by atoms with Gasteiger partial charge in [0, 0.05) is 24.2 Å². The third kappa shape index (κ3) is 4.70. The second-order valence-electron chi connectivity index (χ2n) is 5.97. The fourth-order valence-corrected chi connectivity index (χ4v) is 3.73. The smallest absolute Gasteiger partial charge is 0.191 e. The third-order valence-electron chi connectivity index (χ3n) is 4.43. The molecule has 1 heterocycles. The van der Waals surface area contributed by atoms with Crippen LogP contribution in [0.5, 0.6) is 0 Å². The van der Waals surface area contributed by atoms with E-state index in [2.05, 4.69) is 41.4 Å². The number of rotatable bonds is 6. The predicted octanol–water partition coefficient (Wildman–Crippen LogP) is 3.48. The van der Waals surface area contributed by atoms with E-state index in [0.717, 1.165) is 24.1 Å². The van der Waals surface area contributed by atoms with Crippen molar-refractivity contribution >= 4 is 17.3 Å². The van der Waals surface area contributed by atoms with Gasteiger partial charge in [-0.3, -0.25) is 0 Å². The molecular formula is C16H28N4S. The summed E-state index contributed by atoms with van der Waals surface area (Å²) in [4.78, 5) is 10.3. The van der Waals surface area contributed by atoms with Crippen molar-refractivity contribution in [2.45, 2.75) is 59.4 Å². The highest BCUT2D eigenvalue weighted by Crippen LogP contribution is 2.40. The van der Waals surface area contributed by atoms with Gasteiger partial charge in [0.25, 0.3) is 0 Å². The standard InChI is InChI=1S/C16H28N4S/c1-4-16(8-6-7-9-16)12-20-15(17-5-2)19-11-14-18-10-13(3)21-14/h10H,4-9,11-12H2,1-3H3,(H2,17,19,20). The van der Waals surface area contributed by atoms with Gasteiger partial charge in [-0.2, -0.15) is 0 Å². The largest absolute Gasteiger partial charge is 0.357 e. The van der Waals surface area contributed by atoms with E-state index in [-0.39, 0.29) is 0 Å². The molecule has 1 aliphatic carbocycles. The number of guanidine groups is 1. The second-order valence-corrected chi connectivity index (χ2v) is 7.29. The molecule has 0 aliphatic heterocycles. The zero-order chi connectivity index (χ0) is 15.1. The Morgan fingerprint density at radius 1 is 1.33 bits per heavy atom. The van der Waals surface area contributed by atoms with Crippen molar-refractivity contribution < 1.29 is 0 Å². The van der Waals surface area contributed by atoms with Crippen LogP contribution in [0.25, 0.3) is 0 Å². The number of aliphatic imine (C=N–C) groups is 1. The Kier molecular flexibility index (Phi) is 6.03. The lowest BCUT2D eigenvalue weighted by Crippen LogP contribution is -2.42. The van der Waals surface area contributed by atoms with E-state index >= 15 is 0 Å². The van der Waals surface area contributed by atoms with Gasteiger partial charge in [-0.05, 0) is 38.5 Å². The minimum Gasteiger partial charge on any atom is -0.357 e. The number of aryl methyl sites for hydroxylation is 1. The van der Waals surface area contributed by atoms with E-state index in [1.807, 2.05) is 6.20 Å². The average Bonchev–Trinajstić information content (AvgIpc) is 3.12. The van der Waals surface area contributed by atoms with Crippen LogP contribution in [0, 0.1) is 12.3 Å². The fourth-order valence-electron chi connectivity index (χ4n) is 3.01. The molecule has 0 amide bonds. The Morgan fingerprint density at radius 3 is 2.67 bits per heavy atom. The van der Waals surface area contributed by atoms with E-state index in [0.29, 0.717) is 12.0 Å². The summed E-state index contributed by atoms with van der Waals surface area (Å²) in [5, 5.41) is 7.97. The SMILES string of the molecule is CCNC(=NCc1ncc(C)s1)NCC1(CC)CCCC1. The highest BCUT2D eigenvalue weighted by molar-refractivity contribution is 7.11. The van der Waals surface area contributed by atoms with Crippen LogP contribution in [0.15, 0.2) is 11.2 Å². The molecule has 2 rings (SSSR count). The van der Waals surface area contributed by atoms with Crippen molar-refractivity contribution in [1.29, 1.82) is 0 Å². The lowest BCUT2D eigenvalue weighted by molar-refractivity contribution is 0.283. The van der Waals surface area contributed by atoms with E-state index in [9.17, 15) is 0 Å². The molecule has 1 fully saturated rings. The van der Waals surface area contributed by atoms with Crippen LogP contribution in [0.3, 0.4) is 0 Å². The molecule has 1 saturated carbocycles. The Bertz CT molecular complexity index is 461. The van der Waals surface area contributed by atoms with Gasteiger partial charge in [0.1, 0.15) is 5.01 Å². The molecule has 2 N–H and O–H groups in total. The van der Waals surface area contributed by atoms with Gasteiger partial charge < -0.3 is 10.6 Å². The minimum atomic E-state index is 0.480. The fraction of sp³-hybridized carbons (Fsp3) is 0.750. The van der Waals surface area contributed by atoms with Crippen LogP contribution in [-0.2, 0) is 6.54 Å². The first-order valence-electron chi connectivity index (χ1n) is 8.11. The summed E-state index contributed by atoms with van der Waals surface area (Å²) < 4.78 is 0. The average molecular weight is 308 g/mol. The highest BCUT2D eigenvalue weighted by Gasteiger charge is 2.31. The second kappa shape index (κ2) is 7.78. The van der Waals surface area contributed by atoms with Gasteiger partial charge in [-0.15, -0.1) is 11.3 Å². The lowest BCUT2D eigenvalue weighted by atomic mass is 9.83. The summed E-state index contributed by atoms with van der Waals surface area (Å²) in [7, 11) is 0. The molecule has 118 valence electrons. The molecular weight excluding hydrogens is 280 g/mol. The van der Waals surface area contributed by atoms with Gasteiger partial charge in [-0.25, -0.2) is 9.98 Å². The monoisotopic (exact) mass is 308 g/mol. The molecule has 0 spiro atoms. The summed E-state index contributed by atoms with van der Waals surface area (Å²) in [5.41, 5.74) is 0.480. The zero-order valence-corrected chi connectivity index (χ0v) is 14.4. The van der Waals surface area contributed by atoms with Crippen LogP contribution in [-0.4, -0.2) is 24.0 Å². The van der Waals surface area contributed by atoms with Crippen LogP contribution in [0.1, 0.15) is 55.8 Å². The first-order valence-corrected chi connectivity index (χ1v) is 8.92. The van der Waals surface area contributed by atoms with Gasteiger partial charge >= 0.3 is 0 Å².